The summed E-state index contributed by atoms with van der Waals surface area (Å²) in [4.78, 5) is 12.3. The van der Waals surface area contributed by atoms with E-state index in [4.69, 9.17) is 4.74 Å². The highest BCUT2D eigenvalue weighted by atomic mass is 32.2. The van der Waals surface area contributed by atoms with E-state index in [1.165, 1.54) is 23.8 Å². The molecule has 0 fully saturated rings. The van der Waals surface area contributed by atoms with Crippen LogP contribution < -0.4 is 5.32 Å². The van der Waals surface area contributed by atoms with Crippen molar-refractivity contribution >= 4 is 23.4 Å². The number of nitrogens with zero attached hydrogens (tertiary/aromatic N) is 3. The molecule has 1 aromatic heterocycles. The number of anilines is 1. The van der Waals surface area contributed by atoms with Crippen LogP contribution >= 0.6 is 11.8 Å². The highest BCUT2D eigenvalue weighted by Crippen LogP contribution is 2.34. The summed E-state index contributed by atoms with van der Waals surface area (Å²) in [6, 6.07) is 14.9. The van der Waals surface area contributed by atoms with Crippen molar-refractivity contribution < 1.29 is 22.7 Å². The molecule has 1 heterocycles. The Bertz CT molecular complexity index is 1030. The van der Waals surface area contributed by atoms with Gasteiger partial charge in [0.25, 0.3) is 0 Å². The van der Waals surface area contributed by atoms with Crippen molar-refractivity contribution in [2.75, 3.05) is 24.8 Å². The predicted molar refractivity (Wildman–Crippen MR) is 117 cm³/mol. The summed E-state index contributed by atoms with van der Waals surface area (Å²) in [6.45, 7) is 0.948. The van der Waals surface area contributed by atoms with Crippen molar-refractivity contribution in [3.63, 3.8) is 0 Å². The van der Waals surface area contributed by atoms with Gasteiger partial charge in [-0.3, -0.25) is 4.79 Å². The monoisotopic (exact) mass is 464 g/mol. The molecule has 3 aromatic rings. The molecule has 0 unspecified atom stereocenters. The Morgan fingerprint density at radius 1 is 1.06 bits per heavy atom. The Hall–Kier alpha value is -2.85. The van der Waals surface area contributed by atoms with Crippen molar-refractivity contribution in [2.24, 2.45) is 0 Å². The summed E-state index contributed by atoms with van der Waals surface area (Å²) in [7, 11) is 1.59. The van der Waals surface area contributed by atoms with Crippen LogP contribution in [0, 0.1) is 0 Å². The minimum Gasteiger partial charge on any atom is -0.383 e. The molecule has 1 amide bonds. The van der Waals surface area contributed by atoms with Gasteiger partial charge in [0.05, 0.1) is 23.6 Å². The number of aromatic nitrogens is 3. The second-order valence-corrected chi connectivity index (χ2v) is 7.85. The van der Waals surface area contributed by atoms with E-state index >= 15 is 0 Å². The highest BCUT2D eigenvalue weighted by Gasteiger charge is 2.33. The molecule has 0 bridgehead atoms. The second kappa shape index (κ2) is 11.1. The van der Waals surface area contributed by atoms with E-state index in [9.17, 15) is 18.0 Å². The first kappa shape index (κ1) is 23.8. The smallest absolute Gasteiger partial charge is 0.383 e. The number of methoxy groups -OCH3 is 1. The van der Waals surface area contributed by atoms with Crippen LogP contribution in [0.1, 0.15) is 17.0 Å². The molecule has 0 atom stereocenters. The minimum absolute atomic E-state index is 0.101. The van der Waals surface area contributed by atoms with Gasteiger partial charge in [-0.25, -0.2) is 0 Å². The second-order valence-electron chi connectivity index (χ2n) is 6.91. The topological polar surface area (TPSA) is 69.0 Å². The molecule has 1 N–H and O–H groups in total. The number of aryl methyl sites for hydroxylation is 2. The molecule has 32 heavy (non-hydrogen) atoms. The predicted octanol–water partition coefficient (Wildman–Crippen LogP) is 4.46. The van der Waals surface area contributed by atoms with Gasteiger partial charge >= 0.3 is 6.18 Å². The van der Waals surface area contributed by atoms with Crippen LogP contribution in [0.15, 0.2) is 59.8 Å². The lowest BCUT2D eigenvalue weighted by Crippen LogP contribution is -2.18. The third kappa shape index (κ3) is 6.57. The van der Waals surface area contributed by atoms with Crippen LogP contribution in [0.3, 0.4) is 0 Å². The summed E-state index contributed by atoms with van der Waals surface area (Å²) in [5.41, 5.74) is 0.0190. The summed E-state index contributed by atoms with van der Waals surface area (Å²) in [6.07, 6.45) is -3.11. The van der Waals surface area contributed by atoms with Gasteiger partial charge in [-0.15, -0.1) is 10.2 Å². The molecular weight excluding hydrogens is 441 g/mol. The van der Waals surface area contributed by atoms with Crippen LogP contribution in [0.2, 0.25) is 0 Å². The van der Waals surface area contributed by atoms with Gasteiger partial charge in [0.15, 0.2) is 5.16 Å². The number of benzene rings is 2. The molecule has 0 radical (unpaired) electrons. The fraction of sp³-hybridized carbons (Fsp3) is 0.318. The summed E-state index contributed by atoms with van der Waals surface area (Å²) >= 11 is 1.12. The molecule has 6 nitrogen and oxygen atoms in total. The number of halogens is 3. The summed E-state index contributed by atoms with van der Waals surface area (Å²) < 4.78 is 46.4. The van der Waals surface area contributed by atoms with Crippen LogP contribution in [0.25, 0.3) is 0 Å². The Labute approximate surface area is 188 Å². The van der Waals surface area contributed by atoms with Crippen LogP contribution in [-0.2, 0) is 35.1 Å². The van der Waals surface area contributed by atoms with E-state index in [0.29, 0.717) is 24.7 Å². The number of rotatable bonds is 10. The molecule has 2 aromatic carbocycles. The number of carbonyl (C=O) groups is 1. The number of nitrogens with one attached hydrogen (secondary N) is 1. The van der Waals surface area contributed by atoms with Gasteiger partial charge in [0.1, 0.15) is 5.82 Å². The first-order valence-corrected chi connectivity index (χ1v) is 10.9. The Morgan fingerprint density at radius 3 is 2.50 bits per heavy atom. The highest BCUT2D eigenvalue weighted by molar-refractivity contribution is 7.99. The van der Waals surface area contributed by atoms with Crippen LogP contribution in [0.5, 0.6) is 0 Å². The Kier molecular flexibility index (Phi) is 8.29. The minimum atomic E-state index is -4.55. The number of alkyl halides is 3. The average Bonchev–Trinajstić information content (AvgIpc) is 3.16. The van der Waals surface area contributed by atoms with Crippen molar-refractivity contribution in [3.8, 4) is 0 Å². The maximum Gasteiger partial charge on any atom is 0.418 e. The molecule has 170 valence electrons. The van der Waals surface area contributed by atoms with Crippen molar-refractivity contribution in [2.45, 2.75) is 30.7 Å². The molecule has 3 rings (SSSR count). The zero-order chi connectivity index (χ0) is 23.0. The lowest BCUT2D eigenvalue weighted by molar-refractivity contribution is -0.137. The number of hydrogen-bond donors (Lipinski definition) is 1. The van der Waals surface area contributed by atoms with E-state index in [-0.39, 0.29) is 11.4 Å². The third-order valence-electron chi connectivity index (χ3n) is 4.63. The molecular formula is C22H23F3N4O2S. The normalized spacial score (nSPS) is 11.5. The van der Waals surface area contributed by atoms with Gasteiger partial charge in [-0.2, -0.15) is 13.2 Å². The van der Waals surface area contributed by atoms with E-state index < -0.39 is 17.6 Å². The summed E-state index contributed by atoms with van der Waals surface area (Å²) in [5.74, 6) is 0.103. The lowest BCUT2D eigenvalue weighted by Gasteiger charge is -2.13. The molecule has 0 aliphatic heterocycles. The van der Waals surface area contributed by atoms with E-state index in [0.717, 1.165) is 30.1 Å². The molecule has 0 saturated carbocycles. The molecule has 0 aliphatic rings. The lowest BCUT2D eigenvalue weighted by atomic mass is 10.1. The van der Waals surface area contributed by atoms with Gasteiger partial charge in [0.2, 0.25) is 5.91 Å². The SMILES string of the molecule is COCCn1c(CCc2ccccc2)nnc1SCC(=O)Nc1ccccc1C(F)(F)F. The first-order chi connectivity index (χ1) is 15.4. The Morgan fingerprint density at radius 2 is 1.78 bits per heavy atom. The number of amides is 1. The fourth-order valence-electron chi connectivity index (χ4n) is 3.07. The largest absolute Gasteiger partial charge is 0.418 e. The number of hydrogen-bond acceptors (Lipinski definition) is 5. The summed E-state index contributed by atoms with van der Waals surface area (Å²) in [5, 5.41) is 11.3. The fourth-order valence-corrected chi connectivity index (χ4v) is 3.86. The van der Waals surface area contributed by atoms with E-state index in [1.54, 1.807) is 7.11 Å². The molecule has 0 spiro atoms. The maximum absolute atomic E-state index is 13.1. The number of carbonyl (C=O) groups excluding carboxylic acids is 1. The van der Waals surface area contributed by atoms with Gasteiger partial charge in [0, 0.05) is 20.1 Å². The van der Waals surface area contributed by atoms with Crippen molar-refractivity contribution in [3.05, 3.63) is 71.5 Å². The maximum atomic E-state index is 13.1. The zero-order valence-corrected chi connectivity index (χ0v) is 18.2. The molecule has 0 saturated heterocycles. The average molecular weight is 465 g/mol. The first-order valence-electron chi connectivity index (χ1n) is 9.92. The molecule has 0 aliphatic carbocycles. The molecule has 10 heteroatoms. The van der Waals surface area contributed by atoms with E-state index in [1.807, 2.05) is 34.9 Å². The van der Waals surface area contributed by atoms with Crippen LogP contribution in [-0.4, -0.2) is 40.1 Å². The van der Waals surface area contributed by atoms with Gasteiger partial charge in [-0.05, 0) is 24.1 Å². The zero-order valence-electron chi connectivity index (χ0n) is 17.4. The quantitative estimate of drug-likeness (QED) is 0.449. The van der Waals surface area contributed by atoms with Crippen LogP contribution in [0.4, 0.5) is 18.9 Å². The van der Waals surface area contributed by atoms with Crippen molar-refractivity contribution in [1.82, 2.24) is 14.8 Å². The Balaban J connectivity index is 1.65. The van der Waals surface area contributed by atoms with Gasteiger partial charge in [-0.1, -0.05) is 54.2 Å². The van der Waals surface area contributed by atoms with E-state index in [2.05, 4.69) is 15.5 Å². The number of ether oxygens (including phenoxy) is 1. The standard InChI is InChI=1S/C22H23F3N4O2S/c1-31-14-13-29-19(12-11-16-7-3-2-4-8-16)27-28-21(29)32-15-20(30)26-18-10-6-5-9-17(18)22(23,24)25/h2-10H,11-15H2,1H3,(H,26,30). The van der Waals surface area contributed by atoms with Crippen molar-refractivity contribution in [1.29, 1.82) is 0 Å². The number of para-hydroxylation sites is 1. The van der Waals surface area contributed by atoms with Gasteiger partial charge < -0.3 is 14.6 Å². The third-order valence-corrected chi connectivity index (χ3v) is 5.60. The number of thioether (sulfide) groups is 1.